The highest BCUT2D eigenvalue weighted by Gasteiger charge is 2.08. The average Bonchev–Trinajstić information content (AvgIpc) is 2.73. The minimum atomic E-state index is 0.856. The van der Waals surface area contributed by atoms with Crippen molar-refractivity contribution in [1.29, 1.82) is 0 Å². The van der Waals surface area contributed by atoms with Crippen LogP contribution >= 0.6 is 0 Å². The molecule has 0 amide bonds. The molecule has 4 rings (SSSR count). The lowest BCUT2D eigenvalue weighted by atomic mass is 10.2. The monoisotopic (exact) mass is 233 g/mol. The molecule has 18 heavy (non-hydrogen) atoms. The second-order valence-corrected chi connectivity index (χ2v) is 4.58. The minimum absolute atomic E-state index is 0.856. The van der Waals surface area contributed by atoms with E-state index >= 15 is 0 Å². The first-order chi connectivity index (χ1) is 8.81. The molecule has 86 valence electrons. The highest BCUT2D eigenvalue weighted by Crippen LogP contribution is 2.25. The molecule has 4 aromatic rings. The molecular weight excluding hydrogens is 222 g/mol. The van der Waals surface area contributed by atoms with E-state index in [9.17, 15) is 0 Å². The van der Waals surface area contributed by atoms with Gasteiger partial charge in [0.2, 0.25) is 0 Å². The Morgan fingerprint density at radius 2 is 1.72 bits per heavy atom. The molecule has 0 saturated carbocycles. The van der Waals surface area contributed by atoms with Crippen LogP contribution < -0.4 is 0 Å². The van der Waals surface area contributed by atoms with Crippen molar-refractivity contribution < 1.29 is 0 Å². The summed E-state index contributed by atoms with van der Waals surface area (Å²) in [5.41, 5.74) is 5.99. The van der Waals surface area contributed by atoms with E-state index in [1.807, 2.05) is 24.3 Å². The third kappa shape index (κ3) is 1.24. The van der Waals surface area contributed by atoms with Crippen LogP contribution in [0.15, 0.2) is 42.5 Å². The number of hydrogen-bond donors (Lipinski definition) is 1. The molecule has 2 heterocycles. The zero-order valence-electron chi connectivity index (χ0n) is 9.94. The number of nitrogens with zero attached hydrogens (tertiary/aromatic N) is 2. The number of fused-ring (bicyclic) bond motifs is 4. The molecule has 0 atom stereocenters. The van der Waals surface area contributed by atoms with Crippen molar-refractivity contribution in [2.45, 2.75) is 6.92 Å². The molecule has 0 aliphatic carbocycles. The predicted molar refractivity (Wildman–Crippen MR) is 73.6 cm³/mol. The predicted octanol–water partition coefficient (Wildman–Crippen LogP) is 3.57. The first kappa shape index (κ1) is 9.59. The molecule has 0 spiro atoms. The van der Waals surface area contributed by atoms with Gasteiger partial charge in [-0.15, -0.1) is 0 Å². The Labute approximate surface area is 103 Å². The summed E-state index contributed by atoms with van der Waals surface area (Å²) in [6.45, 7) is 2.09. The van der Waals surface area contributed by atoms with E-state index in [0.29, 0.717) is 0 Å². The van der Waals surface area contributed by atoms with Gasteiger partial charge < -0.3 is 4.98 Å². The molecule has 1 N–H and O–H groups in total. The number of aryl methyl sites for hydroxylation is 1. The van der Waals surface area contributed by atoms with Crippen LogP contribution in [0.3, 0.4) is 0 Å². The second-order valence-electron chi connectivity index (χ2n) is 4.58. The standard InChI is InChI=1S/C15H11N3/c1-9-6-7-11-10(8-9)14-15(17-11)18-13-5-3-2-4-12(13)16-14/h2-8H,1H3,(H,17,18). The van der Waals surface area contributed by atoms with E-state index < -0.39 is 0 Å². The van der Waals surface area contributed by atoms with Crippen molar-refractivity contribution in [1.82, 2.24) is 15.0 Å². The number of aromatic nitrogens is 3. The van der Waals surface area contributed by atoms with Gasteiger partial charge >= 0.3 is 0 Å². The zero-order chi connectivity index (χ0) is 12.1. The first-order valence-electron chi connectivity index (χ1n) is 5.96. The van der Waals surface area contributed by atoms with Crippen LogP contribution in [0.2, 0.25) is 0 Å². The van der Waals surface area contributed by atoms with Gasteiger partial charge in [0.15, 0.2) is 5.65 Å². The summed E-state index contributed by atoms with van der Waals surface area (Å²) in [5, 5.41) is 1.14. The van der Waals surface area contributed by atoms with Crippen LogP contribution in [0.25, 0.3) is 33.1 Å². The number of H-pyrrole nitrogens is 1. The highest BCUT2D eigenvalue weighted by atomic mass is 14.9. The van der Waals surface area contributed by atoms with Crippen molar-refractivity contribution in [3.05, 3.63) is 48.0 Å². The lowest BCUT2D eigenvalue weighted by Crippen LogP contribution is -1.84. The summed E-state index contributed by atoms with van der Waals surface area (Å²) < 4.78 is 0. The van der Waals surface area contributed by atoms with Gasteiger partial charge in [-0.05, 0) is 31.2 Å². The maximum atomic E-state index is 4.71. The number of benzene rings is 2. The maximum Gasteiger partial charge on any atom is 0.157 e. The van der Waals surface area contributed by atoms with E-state index in [-0.39, 0.29) is 0 Å². The topological polar surface area (TPSA) is 41.6 Å². The largest absolute Gasteiger partial charge is 0.338 e. The molecule has 2 aromatic carbocycles. The quantitative estimate of drug-likeness (QED) is 0.504. The van der Waals surface area contributed by atoms with Gasteiger partial charge in [0.05, 0.1) is 11.0 Å². The summed E-state index contributed by atoms with van der Waals surface area (Å²) in [6.07, 6.45) is 0. The fourth-order valence-corrected chi connectivity index (χ4v) is 2.37. The van der Waals surface area contributed by atoms with Crippen LogP contribution in [0.1, 0.15) is 5.56 Å². The fraction of sp³-hybridized carbons (Fsp3) is 0.0667. The van der Waals surface area contributed by atoms with Gasteiger partial charge in [-0.2, -0.15) is 0 Å². The molecule has 3 heteroatoms. The SMILES string of the molecule is Cc1ccc2[nH]c3nc4ccccc4nc3c2c1. The Morgan fingerprint density at radius 3 is 2.56 bits per heavy atom. The fourth-order valence-electron chi connectivity index (χ4n) is 2.37. The van der Waals surface area contributed by atoms with Crippen LogP contribution in [-0.4, -0.2) is 15.0 Å². The molecule has 2 aromatic heterocycles. The van der Waals surface area contributed by atoms with E-state index in [1.54, 1.807) is 0 Å². The third-order valence-electron chi connectivity index (χ3n) is 3.25. The molecule has 0 bridgehead atoms. The van der Waals surface area contributed by atoms with Crippen molar-refractivity contribution in [3.8, 4) is 0 Å². The Morgan fingerprint density at radius 1 is 0.944 bits per heavy atom. The van der Waals surface area contributed by atoms with Gasteiger partial charge in [0.1, 0.15) is 5.52 Å². The van der Waals surface area contributed by atoms with Crippen molar-refractivity contribution in [3.63, 3.8) is 0 Å². The smallest absolute Gasteiger partial charge is 0.157 e. The lowest BCUT2D eigenvalue weighted by Gasteiger charge is -1.96. The number of hydrogen-bond acceptors (Lipinski definition) is 2. The zero-order valence-corrected chi connectivity index (χ0v) is 9.94. The number of aromatic amines is 1. The maximum absolute atomic E-state index is 4.71. The second kappa shape index (κ2) is 3.29. The summed E-state index contributed by atoms with van der Waals surface area (Å²) in [6, 6.07) is 14.3. The average molecular weight is 233 g/mol. The Bertz CT molecular complexity index is 890. The molecule has 0 saturated heterocycles. The van der Waals surface area contributed by atoms with E-state index in [1.165, 1.54) is 5.56 Å². The normalized spacial score (nSPS) is 11.6. The number of rotatable bonds is 0. The van der Waals surface area contributed by atoms with Gasteiger partial charge in [0.25, 0.3) is 0 Å². The van der Waals surface area contributed by atoms with Crippen LogP contribution in [0.4, 0.5) is 0 Å². The third-order valence-corrected chi connectivity index (χ3v) is 3.25. The van der Waals surface area contributed by atoms with Gasteiger partial charge in [0, 0.05) is 10.9 Å². The van der Waals surface area contributed by atoms with Gasteiger partial charge in [-0.25, -0.2) is 9.97 Å². The summed E-state index contributed by atoms with van der Waals surface area (Å²) in [4.78, 5) is 12.7. The van der Waals surface area contributed by atoms with Gasteiger partial charge in [-0.1, -0.05) is 23.8 Å². The first-order valence-corrected chi connectivity index (χ1v) is 5.96. The molecule has 0 aliphatic heterocycles. The van der Waals surface area contributed by atoms with E-state index in [4.69, 9.17) is 4.98 Å². The van der Waals surface area contributed by atoms with Crippen molar-refractivity contribution in [2.24, 2.45) is 0 Å². The molecular formula is C15H11N3. The minimum Gasteiger partial charge on any atom is -0.338 e. The molecule has 0 fully saturated rings. The summed E-state index contributed by atoms with van der Waals surface area (Å²) in [5.74, 6) is 0. The Kier molecular flexibility index (Phi) is 1.75. The van der Waals surface area contributed by atoms with Crippen molar-refractivity contribution >= 4 is 33.1 Å². The number of nitrogens with one attached hydrogen (secondary N) is 1. The van der Waals surface area contributed by atoms with Crippen molar-refractivity contribution in [2.75, 3.05) is 0 Å². The molecule has 0 radical (unpaired) electrons. The molecule has 3 nitrogen and oxygen atoms in total. The highest BCUT2D eigenvalue weighted by molar-refractivity contribution is 6.05. The summed E-state index contributed by atoms with van der Waals surface area (Å²) >= 11 is 0. The Hall–Kier alpha value is -2.42. The van der Waals surface area contributed by atoms with E-state index in [0.717, 1.165) is 33.1 Å². The van der Waals surface area contributed by atoms with Crippen LogP contribution in [0.5, 0.6) is 0 Å². The Balaban J connectivity index is 2.25. The lowest BCUT2D eigenvalue weighted by molar-refractivity contribution is 1.36. The van der Waals surface area contributed by atoms with Gasteiger partial charge in [-0.3, -0.25) is 0 Å². The molecule has 0 aliphatic rings. The molecule has 0 unspecified atom stereocenters. The van der Waals surface area contributed by atoms with Crippen LogP contribution in [-0.2, 0) is 0 Å². The summed E-state index contributed by atoms with van der Waals surface area (Å²) in [7, 11) is 0. The number of para-hydroxylation sites is 2. The van der Waals surface area contributed by atoms with E-state index in [2.05, 4.69) is 35.1 Å². The van der Waals surface area contributed by atoms with Crippen LogP contribution in [0, 0.1) is 6.92 Å².